The van der Waals surface area contributed by atoms with Gasteiger partial charge in [0.2, 0.25) is 0 Å². The highest BCUT2D eigenvalue weighted by Gasteiger charge is 2.34. The lowest BCUT2D eigenvalue weighted by molar-refractivity contribution is -0.111. The number of aryl methyl sites for hydroxylation is 2. The Balaban J connectivity index is 1.50. The minimum absolute atomic E-state index is 0.133. The summed E-state index contributed by atoms with van der Waals surface area (Å²) in [6, 6.07) is 6.27. The highest BCUT2D eigenvalue weighted by molar-refractivity contribution is 5.82. The Morgan fingerprint density at radius 1 is 1.00 bits per heavy atom. The van der Waals surface area contributed by atoms with Crippen molar-refractivity contribution in [3.8, 4) is 0 Å². The third-order valence-electron chi connectivity index (χ3n) is 6.04. The Morgan fingerprint density at radius 3 is 2.65 bits per heavy atom. The van der Waals surface area contributed by atoms with Gasteiger partial charge in [-0.3, -0.25) is 4.90 Å². The molecule has 3 aliphatic rings. The molecule has 5 rings (SSSR count). The maximum Gasteiger partial charge on any atom is 0.336 e. The highest BCUT2D eigenvalue weighted by Crippen LogP contribution is 2.31. The Labute approximate surface area is 152 Å². The molecular formula is C21H25NO4. The minimum atomic E-state index is -0.257. The van der Waals surface area contributed by atoms with Gasteiger partial charge in [-0.05, 0) is 67.5 Å². The summed E-state index contributed by atoms with van der Waals surface area (Å²) < 4.78 is 17.1. The first kappa shape index (κ1) is 16.5. The fourth-order valence-electron chi connectivity index (χ4n) is 4.76. The quantitative estimate of drug-likeness (QED) is 0.792. The molecule has 1 aromatic carbocycles. The molecular weight excluding hydrogens is 330 g/mol. The number of hydrogen-bond donors (Lipinski definition) is 0. The molecule has 3 heterocycles. The van der Waals surface area contributed by atoms with Crippen molar-refractivity contribution in [3.63, 3.8) is 0 Å². The summed E-state index contributed by atoms with van der Waals surface area (Å²) >= 11 is 0. The van der Waals surface area contributed by atoms with Crippen LogP contribution >= 0.6 is 0 Å². The van der Waals surface area contributed by atoms with Crippen molar-refractivity contribution >= 4 is 11.0 Å². The monoisotopic (exact) mass is 355 g/mol. The zero-order valence-corrected chi connectivity index (χ0v) is 15.0. The minimum Gasteiger partial charge on any atom is -0.423 e. The van der Waals surface area contributed by atoms with Crippen molar-refractivity contribution in [2.24, 2.45) is 0 Å². The predicted octanol–water partition coefficient (Wildman–Crippen LogP) is 3.01. The van der Waals surface area contributed by atoms with E-state index in [9.17, 15) is 4.79 Å². The number of piperidine rings is 1. The first-order chi connectivity index (χ1) is 12.8. The van der Waals surface area contributed by atoms with E-state index in [4.69, 9.17) is 13.9 Å². The van der Waals surface area contributed by atoms with Crippen molar-refractivity contribution in [1.82, 2.24) is 4.90 Å². The van der Waals surface area contributed by atoms with E-state index in [-0.39, 0.29) is 18.0 Å². The Hall–Kier alpha value is -1.69. The van der Waals surface area contributed by atoms with Crippen LogP contribution in [0.15, 0.2) is 27.4 Å². The largest absolute Gasteiger partial charge is 0.423 e. The van der Waals surface area contributed by atoms with Crippen LogP contribution in [0.1, 0.15) is 42.4 Å². The van der Waals surface area contributed by atoms with E-state index >= 15 is 0 Å². The van der Waals surface area contributed by atoms with Gasteiger partial charge in [-0.2, -0.15) is 0 Å². The lowest BCUT2D eigenvalue weighted by atomic mass is 9.99. The van der Waals surface area contributed by atoms with Gasteiger partial charge in [0.1, 0.15) is 5.58 Å². The van der Waals surface area contributed by atoms with Gasteiger partial charge in [0.25, 0.3) is 0 Å². The SMILES string of the molecule is O=c1cc(CN2CCCCC2C2OCCO2)c2cc3c(cc2o1)CCC3. The average Bonchev–Trinajstić information content (AvgIpc) is 3.32. The number of fused-ring (bicyclic) bond motifs is 2. The van der Waals surface area contributed by atoms with E-state index in [1.54, 1.807) is 6.07 Å². The Bertz CT molecular complexity index is 868. The lowest BCUT2D eigenvalue weighted by Gasteiger charge is -2.38. The molecule has 5 nitrogen and oxygen atoms in total. The van der Waals surface area contributed by atoms with Crippen LogP contribution in [0.2, 0.25) is 0 Å². The summed E-state index contributed by atoms with van der Waals surface area (Å²) in [5.41, 5.74) is 4.28. The van der Waals surface area contributed by atoms with E-state index in [0.717, 1.165) is 48.9 Å². The molecule has 2 fully saturated rings. The molecule has 138 valence electrons. The van der Waals surface area contributed by atoms with E-state index in [2.05, 4.69) is 17.0 Å². The molecule has 1 unspecified atom stereocenters. The third-order valence-corrected chi connectivity index (χ3v) is 6.04. The Morgan fingerprint density at radius 2 is 1.81 bits per heavy atom. The second-order valence-electron chi connectivity index (χ2n) is 7.70. The van der Waals surface area contributed by atoms with E-state index in [1.165, 1.54) is 30.4 Å². The predicted molar refractivity (Wildman–Crippen MR) is 98.3 cm³/mol. The zero-order chi connectivity index (χ0) is 17.5. The summed E-state index contributed by atoms with van der Waals surface area (Å²) in [6.45, 7) is 3.12. The molecule has 1 aromatic heterocycles. The fourth-order valence-corrected chi connectivity index (χ4v) is 4.76. The second kappa shape index (κ2) is 6.80. The summed E-state index contributed by atoms with van der Waals surface area (Å²) in [6.07, 6.45) is 6.73. The van der Waals surface area contributed by atoms with Gasteiger partial charge in [-0.25, -0.2) is 4.79 Å². The molecule has 2 aliphatic heterocycles. The van der Waals surface area contributed by atoms with Crippen molar-refractivity contribution in [2.45, 2.75) is 57.4 Å². The molecule has 26 heavy (non-hydrogen) atoms. The molecule has 0 N–H and O–H groups in total. The third kappa shape index (κ3) is 2.98. The van der Waals surface area contributed by atoms with Crippen LogP contribution in [0.4, 0.5) is 0 Å². The van der Waals surface area contributed by atoms with Gasteiger partial charge >= 0.3 is 5.63 Å². The summed E-state index contributed by atoms with van der Waals surface area (Å²) in [5, 5.41) is 1.09. The van der Waals surface area contributed by atoms with Gasteiger partial charge in [0.05, 0.1) is 19.3 Å². The van der Waals surface area contributed by atoms with Crippen LogP contribution in [0.3, 0.4) is 0 Å². The summed E-state index contributed by atoms with van der Waals surface area (Å²) in [7, 11) is 0. The van der Waals surface area contributed by atoms with E-state index in [1.807, 2.05) is 0 Å². The normalized spacial score (nSPS) is 24.4. The van der Waals surface area contributed by atoms with Crippen molar-refractivity contribution in [3.05, 3.63) is 45.3 Å². The molecule has 2 aromatic rings. The van der Waals surface area contributed by atoms with Crippen LogP contribution in [0.25, 0.3) is 11.0 Å². The van der Waals surface area contributed by atoms with Gasteiger partial charge in [0.15, 0.2) is 6.29 Å². The van der Waals surface area contributed by atoms with Crippen LogP contribution < -0.4 is 5.63 Å². The molecule has 0 saturated carbocycles. The van der Waals surface area contributed by atoms with E-state index < -0.39 is 0 Å². The van der Waals surface area contributed by atoms with Crippen molar-refractivity contribution < 1.29 is 13.9 Å². The van der Waals surface area contributed by atoms with Gasteiger partial charge in [0, 0.05) is 18.0 Å². The van der Waals surface area contributed by atoms with Crippen LogP contribution in [-0.2, 0) is 28.9 Å². The van der Waals surface area contributed by atoms with Gasteiger partial charge in [-0.15, -0.1) is 0 Å². The summed E-state index contributed by atoms with van der Waals surface area (Å²) in [5.74, 6) is 0. The molecule has 1 aliphatic carbocycles. The van der Waals surface area contributed by atoms with Gasteiger partial charge < -0.3 is 13.9 Å². The first-order valence-electron chi connectivity index (χ1n) is 9.84. The zero-order valence-electron chi connectivity index (χ0n) is 15.0. The molecule has 0 radical (unpaired) electrons. The Kier molecular flexibility index (Phi) is 4.31. The first-order valence-corrected chi connectivity index (χ1v) is 9.84. The van der Waals surface area contributed by atoms with Crippen LogP contribution in [0.5, 0.6) is 0 Å². The average molecular weight is 355 g/mol. The van der Waals surface area contributed by atoms with Crippen LogP contribution in [-0.4, -0.2) is 37.0 Å². The van der Waals surface area contributed by atoms with Crippen LogP contribution in [0, 0.1) is 0 Å². The van der Waals surface area contributed by atoms with Gasteiger partial charge in [-0.1, -0.05) is 6.42 Å². The van der Waals surface area contributed by atoms with Crippen molar-refractivity contribution in [1.29, 1.82) is 0 Å². The molecule has 2 saturated heterocycles. The lowest BCUT2D eigenvalue weighted by Crippen LogP contribution is -2.46. The number of rotatable bonds is 3. The smallest absolute Gasteiger partial charge is 0.336 e. The second-order valence-corrected chi connectivity index (χ2v) is 7.70. The standard InChI is InChI=1S/C21H25NO4/c23-20-12-16(17-10-14-4-3-5-15(14)11-19(17)26-20)13-22-7-2-1-6-18(22)21-24-8-9-25-21/h10-12,18,21H,1-9,13H2. The maximum atomic E-state index is 12.1. The molecule has 0 spiro atoms. The fraction of sp³-hybridized carbons (Fsp3) is 0.571. The number of benzene rings is 1. The highest BCUT2D eigenvalue weighted by atomic mass is 16.7. The number of nitrogens with zero attached hydrogens (tertiary/aromatic N) is 1. The molecule has 5 heteroatoms. The topological polar surface area (TPSA) is 51.9 Å². The van der Waals surface area contributed by atoms with E-state index in [0.29, 0.717) is 13.2 Å². The maximum absolute atomic E-state index is 12.1. The molecule has 0 bridgehead atoms. The number of hydrogen-bond acceptors (Lipinski definition) is 5. The molecule has 0 amide bonds. The molecule has 1 atom stereocenters. The number of ether oxygens (including phenoxy) is 2. The summed E-state index contributed by atoms with van der Waals surface area (Å²) in [4.78, 5) is 14.6. The van der Waals surface area contributed by atoms with Crippen molar-refractivity contribution in [2.75, 3.05) is 19.8 Å². The number of likely N-dealkylation sites (tertiary alicyclic amines) is 1.